The number of pyridine rings is 1. The van der Waals surface area contributed by atoms with Gasteiger partial charge in [-0.15, -0.1) is 0 Å². The van der Waals surface area contributed by atoms with E-state index in [-0.39, 0.29) is 12.0 Å². The number of carboxylic acids is 1. The van der Waals surface area contributed by atoms with E-state index in [2.05, 4.69) is 22.0 Å². The van der Waals surface area contributed by atoms with Crippen LogP contribution >= 0.6 is 0 Å². The lowest BCUT2D eigenvalue weighted by Crippen LogP contribution is -2.54. The van der Waals surface area contributed by atoms with E-state index in [4.69, 9.17) is 9.47 Å². The van der Waals surface area contributed by atoms with Crippen LogP contribution in [0.25, 0.3) is 10.9 Å². The van der Waals surface area contributed by atoms with Crippen molar-refractivity contribution in [3.05, 3.63) is 71.9 Å². The Kier molecular flexibility index (Phi) is 8.03. The summed E-state index contributed by atoms with van der Waals surface area (Å²) < 4.78 is 11.4. The summed E-state index contributed by atoms with van der Waals surface area (Å²) in [5.74, 6) is -0.383. The van der Waals surface area contributed by atoms with Crippen molar-refractivity contribution in [2.24, 2.45) is 11.8 Å². The molecule has 37 heavy (non-hydrogen) atoms. The van der Waals surface area contributed by atoms with Crippen LogP contribution in [0.3, 0.4) is 0 Å². The number of carboxylic acid groups (broad SMARTS) is 1. The fourth-order valence-corrected chi connectivity index (χ4v) is 5.83. The van der Waals surface area contributed by atoms with E-state index < -0.39 is 18.0 Å². The minimum atomic E-state index is -0.737. The summed E-state index contributed by atoms with van der Waals surface area (Å²) in [6.07, 6.45) is 5.22. The van der Waals surface area contributed by atoms with Gasteiger partial charge in [0.05, 0.1) is 37.4 Å². The second kappa shape index (κ2) is 11.6. The molecule has 0 amide bonds. The fourth-order valence-electron chi connectivity index (χ4n) is 5.83. The minimum absolute atomic E-state index is 0.0521. The Hall–Kier alpha value is -3.00. The van der Waals surface area contributed by atoms with E-state index in [9.17, 15) is 15.0 Å². The largest absolute Gasteiger partial charge is 0.497 e. The molecule has 7 heteroatoms. The van der Waals surface area contributed by atoms with Gasteiger partial charge in [0.1, 0.15) is 5.75 Å². The monoisotopic (exact) mass is 504 g/mol. The molecule has 2 N–H and O–H groups in total. The third-order valence-electron chi connectivity index (χ3n) is 8.17. The Morgan fingerprint density at radius 1 is 1.16 bits per heavy atom. The summed E-state index contributed by atoms with van der Waals surface area (Å²) in [6, 6.07) is 18.1. The Bertz CT molecular complexity index is 1200. The number of aromatic nitrogens is 1. The first-order valence-corrected chi connectivity index (χ1v) is 13.2. The van der Waals surface area contributed by atoms with Crippen LogP contribution in [0.15, 0.2) is 60.8 Å². The van der Waals surface area contributed by atoms with Crippen molar-refractivity contribution in [1.29, 1.82) is 0 Å². The van der Waals surface area contributed by atoms with Gasteiger partial charge in [0.25, 0.3) is 0 Å². The highest BCUT2D eigenvalue weighted by atomic mass is 16.5. The number of fused-ring (bicyclic) bond motifs is 1. The summed E-state index contributed by atoms with van der Waals surface area (Å²) in [7, 11) is 1.62. The number of likely N-dealkylation sites (tertiary alicyclic amines) is 1. The number of piperidine rings is 1. The molecule has 0 bridgehead atoms. The van der Waals surface area contributed by atoms with E-state index in [0.717, 1.165) is 48.0 Å². The lowest BCUT2D eigenvalue weighted by Gasteiger charge is -2.47. The Labute approximate surface area is 218 Å². The standard InChI is InChI=1S/C30H36N2O5/c1-36-23-8-9-28-26(17-23)25(11-13-31-28)29(33)10-7-21-12-14-32(18-27(21)30(34)35)22-15-24(16-22)37-19-20-5-3-2-4-6-20/h2-6,8-9,11,13,17,21-22,24,27,29,33H,7,10,12,14-16,18-19H2,1H3,(H,34,35)/t21-,22?,24?,27+,29?/m1/s1. The second-order valence-electron chi connectivity index (χ2n) is 10.4. The summed E-state index contributed by atoms with van der Waals surface area (Å²) >= 11 is 0. The van der Waals surface area contributed by atoms with Crippen LogP contribution in [0, 0.1) is 11.8 Å². The lowest BCUT2D eigenvalue weighted by molar-refractivity contribution is -0.148. The molecule has 5 rings (SSSR count). The molecule has 7 nitrogen and oxygen atoms in total. The van der Waals surface area contributed by atoms with Crippen LogP contribution in [-0.4, -0.2) is 58.4 Å². The molecule has 196 valence electrons. The van der Waals surface area contributed by atoms with Gasteiger partial charge in [0, 0.05) is 24.2 Å². The summed E-state index contributed by atoms with van der Waals surface area (Å²) in [5, 5.41) is 21.9. The topological polar surface area (TPSA) is 92.1 Å². The van der Waals surface area contributed by atoms with Crippen molar-refractivity contribution in [2.45, 2.75) is 57.0 Å². The van der Waals surface area contributed by atoms with Crippen molar-refractivity contribution >= 4 is 16.9 Å². The maximum Gasteiger partial charge on any atom is 0.308 e. The minimum Gasteiger partial charge on any atom is -0.497 e. The molecule has 1 saturated carbocycles. The van der Waals surface area contributed by atoms with Gasteiger partial charge in [-0.3, -0.25) is 14.7 Å². The molecule has 1 unspecified atom stereocenters. The summed E-state index contributed by atoms with van der Waals surface area (Å²) in [4.78, 5) is 18.9. The number of carbonyl (C=O) groups is 1. The van der Waals surface area contributed by atoms with E-state index >= 15 is 0 Å². The zero-order chi connectivity index (χ0) is 25.8. The molecule has 1 aromatic heterocycles. The average Bonchev–Trinajstić information content (AvgIpc) is 2.91. The number of methoxy groups -OCH3 is 1. The zero-order valence-electron chi connectivity index (χ0n) is 21.3. The van der Waals surface area contributed by atoms with Crippen molar-refractivity contribution in [2.75, 3.05) is 20.2 Å². The normalized spacial score (nSPS) is 24.9. The number of aliphatic carboxylic acids is 1. The third kappa shape index (κ3) is 5.95. The van der Waals surface area contributed by atoms with Crippen LogP contribution < -0.4 is 4.74 Å². The maximum absolute atomic E-state index is 12.2. The highest BCUT2D eigenvalue weighted by Gasteiger charge is 2.41. The first-order valence-electron chi connectivity index (χ1n) is 13.2. The molecule has 0 spiro atoms. The highest BCUT2D eigenvalue weighted by molar-refractivity contribution is 5.83. The highest BCUT2D eigenvalue weighted by Crippen LogP contribution is 2.37. The van der Waals surface area contributed by atoms with Crippen LogP contribution in [0.2, 0.25) is 0 Å². The molecular weight excluding hydrogens is 468 g/mol. The van der Waals surface area contributed by atoms with Gasteiger partial charge in [-0.25, -0.2) is 0 Å². The van der Waals surface area contributed by atoms with Gasteiger partial charge in [-0.05, 0) is 80.0 Å². The molecule has 3 aromatic rings. The molecule has 2 aliphatic rings. The second-order valence-corrected chi connectivity index (χ2v) is 10.4. The lowest BCUT2D eigenvalue weighted by atomic mass is 9.78. The maximum atomic E-state index is 12.2. The number of hydrogen-bond acceptors (Lipinski definition) is 6. The fraction of sp³-hybridized carbons (Fsp3) is 0.467. The molecule has 2 heterocycles. The number of rotatable bonds is 10. The van der Waals surface area contributed by atoms with Crippen molar-refractivity contribution < 1.29 is 24.5 Å². The van der Waals surface area contributed by atoms with Gasteiger partial charge >= 0.3 is 5.97 Å². The Morgan fingerprint density at radius 2 is 1.97 bits per heavy atom. The predicted molar refractivity (Wildman–Crippen MR) is 141 cm³/mol. The van der Waals surface area contributed by atoms with E-state index in [1.54, 1.807) is 13.3 Å². The van der Waals surface area contributed by atoms with Gasteiger partial charge in [-0.1, -0.05) is 30.3 Å². The first-order chi connectivity index (χ1) is 18.0. The van der Waals surface area contributed by atoms with Gasteiger partial charge in [-0.2, -0.15) is 0 Å². The number of ether oxygens (including phenoxy) is 2. The number of nitrogens with zero attached hydrogens (tertiary/aromatic N) is 2. The smallest absolute Gasteiger partial charge is 0.308 e. The molecule has 3 atom stereocenters. The molecule has 2 aromatic carbocycles. The van der Waals surface area contributed by atoms with Crippen LogP contribution in [0.1, 0.15) is 49.3 Å². The quantitative estimate of drug-likeness (QED) is 0.409. The Morgan fingerprint density at radius 3 is 2.73 bits per heavy atom. The van der Waals surface area contributed by atoms with E-state index in [1.807, 2.05) is 42.5 Å². The number of aliphatic hydroxyl groups is 1. The molecule has 2 fully saturated rings. The molecule has 0 radical (unpaired) electrons. The van der Waals surface area contributed by atoms with E-state index in [0.29, 0.717) is 32.0 Å². The van der Waals surface area contributed by atoms with Gasteiger partial charge in [0.15, 0.2) is 0 Å². The first kappa shape index (κ1) is 25.6. The van der Waals surface area contributed by atoms with Crippen LogP contribution in [-0.2, 0) is 16.1 Å². The van der Waals surface area contributed by atoms with Crippen molar-refractivity contribution in [3.8, 4) is 5.75 Å². The molecular formula is C30H36N2O5. The van der Waals surface area contributed by atoms with Crippen LogP contribution in [0.5, 0.6) is 5.75 Å². The summed E-state index contributed by atoms with van der Waals surface area (Å²) in [6.45, 7) is 2.09. The molecule has 1 saturated heterocycles. The number of aliphatic hydroxyl groups excluding tert-OH is 1. The van der Waals surface area contributed by atoms with Crippen LogP contribution in [0.4, 0.5) is 0 Å². The summed E-state index contributed by atoms with van der Waals surface area (Å²) in [5.41, 5.74) is 2.80. The third-order valence-corrected chi connectivity index (χ3v) is 8.17. The van der Waals surface area contributed by atoms with Gasteiger partial charge in [0.2, 0.25) is 0 Å². The Balaban J connectivity index is 1.14. The number of benzene rings is 2. The average molecular weight is 505 g/mol. The predicted octanol–water partition coefficient (Wildman–Crippen LogP) is 4.83. The molecule has 1 aliphatic carbocycles. The number of hydrogen-bond donors (Lipinski definition) is 2. The molecule has 1 aliphatic heterocycles. The van der Waals surface area contributed by atoms with Gasteiger partial charge < -0.3 is 19.7 Å². The van der Waals surface area contributed by atoms with E-state index in [1.165, 1.54) is 5.56 Å². The zero-order valence-corrected chi connectivity index (χ0v) is 21.3. The SMILES string of the molecule is COc1ccc2nccc(C(O)CC[C@@H]3CCN(C4CC(OCc5ccccc5)C4)C[C@@H]3C(=O)O)c2c1. The van der Waals surface area contributed by atoms with Crippen molar-refractivity contribution in [1.82, 2.24) is 9.88 Å². The van der Waals surface area contributed by atoms with Crippen molar-refractivity contribution in [3.63, 3.8) is 0 Å².